The molecule has 112 valence electrons. The molecule has 0 saturated carbocycles. The third-order valence-corrected chi connectivity index (χ3v) is 3.57. The molecule has 1 fully saturated rings. The molecule has 1 unspecified atom stereocenters. The molecule has 21 heavy (non-hydrogen) atoms. The number of carbonyl (C=O) groups is 3. The topological polar surface area (TPSA) is 63.7 Å². The van der Waals surface area contributed by atoms with Gasteiger partial charge in [0.05, 0.1) is 7.11 Å². The Kier molecular flexibility index (Phi) is 4.67. The van der Waals surface area contributed by atoms with Crippen LogP contribution in [0.25, 0.3) is 0 Å². The first-order chi connectivity index (χ1) is 10.0. The summed E-state index contributed by atoms with van der Waals surface area (Å²) in [6.45, 7) is 0.546. The van der Waals surface area contributed by atoms with Gasteiger partial charge >= 0.3 is 5.97 Å². The first-order valence-electron chi connectivity index (χ1n) is 6.68. The van der Waals surface area contributed by atoms with Crippen LogP contribution in [0.4, 0.5) is 4.39 Å². The summed E-state index contributed by atoms with van der Waals surface area (Å²) in [5.41, 5.74) is 0.361. The van der Waals surface area contributed by atoms with E-state index in [1.54, 1.807) is 0 Å². The molecule has 2 rings (SSSR count). The number of ether oxygens (including phenoxy) is 1. The van der Waals surface area contributed by atoms with Crippen molar-refractivity contribution < 1.29 is 23.5 Å². The molecule has 0 spiro atoms. The van der Waals surface area contributed by atoms with Crippen molar-refractivity contribution in [1.82, 2.24) is 4.90 Å². The molecule has 0 bridgehead atoms. The Balaban J connectivity index is 2.08. The number of esters is 1. The summed E-state index contributed by atoms with van der Waals surface area (Å²) in [5.74, 6) is -2.26. The Hall–Kier alpha value is -2.24. The number of benzene rings is 1. The lowest BCUT2D eigenvalue weighted by Gasteiger charge is -2.20. The highest BCUT2D eigenvalue weighted by molar-refractivity contribution is 6.00. The van der Waals surface area contributed by atoms with Crippen LogP contribution in [0.5, 0.6) is 0 Å². The van der Waals surface area contributed by atoms with E-state index in [2.05, 4.69) is 4.74 Å². The third kappa shape index (κ3) is 3.45. The third-order valence-electron chi connectivity index (χ3n) is 3.57. The Morgan fingerprint density at radius 1 is 1.24 bits per heavy atom. The van der Waals surface area contributed by atoms with Crippen LogP contribution in [0.1, 0.15) is 23.2 Å². The highest BCUT2D eigenvalue weighted by Gasteiger charge is 2.32. The van der Waals surface area contributed by atoms with Crippen LogP contribution in [0.2, 0.25) is 0 Å². The van der Waals surface area contributed by atoms with E-state index in [4.69, 9.17) is 0 Å². The van der Waals surface area contributed by atoms with E-state index in [-0.39, 0.29) is 31.1 Å². The quantitative estimate of drug-likeness (QED) is 0.611. The molecule has 1 aliphatic heterocycles. The monoisotopic (exact) mass is 293 g/mol. The van der Waals surface area contributed by atoms with Crippen LogP contribution in [0, 0.1) is 11.7 Å². The first kappa shape index (κ1) is 15.2. The molecule has 1 aromatic rings. The summed E-state index contributed by atoms with van der Waals surface area (Å²) >= 11 is 0. The minimum atomic E-state index is -0.805. The lowest BCUT2D eigenvalue weighted by molar-refractivity contribution is -0.149. The predicted molar refractivity (Wildman–Crippen MR) is 72.1 cm³/mol. The van der Waals surface area contributed by atoms with Crippen molar-refractivity contribution in [3.8, 4) is 0 Å². The van der Waals surface area contributed by atoms with Crippen LogP contribution in [-0.2, 0) is 14.3 Å². The molecular formula is C15H16FNO4. The lowest BCUT2D eigenvalue weighted by Crippen LogP contribution is -2.32. The van der Waals surface area contributed by atoms with Gasteiger partial charge in [0.15, 0.2) is 0 Å². The molecule has 0 aliphatic carbocycles. The number of carbonyl (C=O) groups excluding carboxylic acids is 3. The number of nitrogens with zero attached hydrogens (tertiary/aromatic N) is 1. The van der Waals surface area contributed by atoms with Gasteiger partial charge in [-0.2, -0.15) is 0 Å². The number of hydrogen-bond acceptors (Lipinski definition) is 4. The zero-order valence-electron chi connectivity index (χ0n) is 11.7. The fourth-order valence-electron chi connectivity index (χ4n) is 2.35. The van der Waals surface area contributed by atoms with Crippen molar-refractivity contribution in [2.75, 3.05) is 20.2 Å². The molecule has 1 heterocycles. The average Bonchev–Trinajstić information content (AvgIpc) is 2.68. The maximum absolute atomic E-state index is 12.9. The van der Waals surface area contributed by atoms with Crippen molar-refractivity contribution in [1.29, 1.82) is 0 Å². The number of ketones is 1. The van der Waals surface area contributed by atoms with Crippen LogP contribution in [0.15, 0.2) is 24.3 Å². The number of rotatable bonds is 2. The Morgan fingerprint density at radius 2 is 1.90 bits per heavy atom. The Bertz CT molecular complexity index is 555. The van der Waals surface area contributed by atoms with Crippen molar-refractivity contribution in [2.24, 2.45) is 5.92 Å². The van der Waals surface area contributed by atoms with E-state index >= 15 is 0 Å². The van der Waals surface area contributed by atoms with Gasteiger partial charge < -0.3 is 9.64 Å². The van der Waals surface area contributed by atoms with Crippen LogP contribution in [0.3, 0.4) is 0 Å². The molecule has 1 aromatic carbocycles. The summed E-state index contributed by atoms with van der Waals surface area (Å²) in [7, 11) is 1.24. The summed E-state index contributed by atoms with van der Waals surface area (Å²) in [6.07, 6.45) is 0.366. The van der Waals surface area contributed by atoms with E-state index in [0.29, 0.717) is 12.1 Å². The summed E-state index contributed by atoms with van der Waals surface area (Å²) < 4.78 is 17.5. The summed E-state index contributed by atoms with van der Waals surface area (Å²) in [4.78, 5) is 37.2. The number of Topliss-reactive ketones (excluding diaryl/α,β-unsaturated/α-hetero) is 1. The van der Waals surface area contributed by atoms with E-state index in [0.717, 1.165) is 0 Å². The van der Waals surface area contributed by atoms with Gasteiger partial charge in [0.2, 0.25) is 0 Å². The van der Waals surface area contributed by atoms with Crippen LogP contribution < -0.4 is 0 Å². The zero-order chi connectivity index (χ0) is 15.4. The van der Waals surface area contributed by atoms with Crippen molar-refractivity contribution in [2.45, 2.75) is 12.8 Å². The molecule has 1 amide bonds. The molecule has 1 atom stereocenters. The largest absolute Gasteiger partial charge is 0.468 e. The highest BCUT2D eigenvalue weighted by Crippen LogP contribution is 2.18. The maximum Gasteiger partial charge on any atom is 0.316 e. The summed E-state index contributed by atoms with van der Waals surface area (Å²) in [5, 5.41) is 0. The second-order valence-corrected chi connectivity index (χ2v) is 4.88. The molecule has 0 N–H and O–H groups in total. The zero-order valence-corrected chi connectivity index (χ0v) is 11.7. The molecule has 6 heteroatoms. The van der Waals surface area contributed by atoms with Gasteiger partial charge in [-0.25, -0.2) is 4.39 Å². The summed E-state index contributed by atoms with van der Waals surface area (Å²) in [6, 6.07) is 5.24. The molecular weight excluding hydrogens is 277 g/mol. The maximum atomic E-state index is 12.9. The van der Waals surface area contributed by atoms with Gasteiger partial charge in [0.1, 0.15) is 17.5 Å². The molecule has 5 nitrogen and oxygen atoms in total. The second kappa shape index (κ2) is 6.47. The minimum Gasteiger partial charge on any atom is -0.468 e. The van der Waals surface area contributed by atoms with E-state index in [1.165, 1.54) is 36.3 Å². The van der Waals surface area contributed by atoms with E-state index in [9.17, 15) is 18.8 Å². The fourth-order valence-corrected chi connectivity index (χ4v) is 2.35. The minimum absolute atomic E-state index is 0.118. The number of amides is 1. The van der Waals surface area contributed by atoms with Gasteiger partial charge in [0.25, 0.3) is 5.91 Å². The van der Waals surface area contributed by atoms with Crippen molar-refractivity contribution in [3.05, 3.63) is 35.6 Å². The molecule has 1 saturated heterocycles. The van der Waals surface area contributed by atoms with Gasteiger partial charge in [-0.1, -0.05) is 0 Å². The SMILES string of the molecule is COC(=O)C1CCN(C(=O)c2ccc(F)cc2)CCC1=O. The normalized spacial score (nSPS) is 19.0. The van der Waals surface area contributed by atoms with Crippen molar-refractivity contribution >= 4 is 17.7 Å². The van der Waals surface area contributed by atoms with Crippen LogP contribution >= 0.6 is 0 Å². The standard InChI is InChI=1S/C15H16FNO4/c1-21-15(20)12-6-8-17(9-7-13(12)18)14(19)10-2-4-11(16)5-3-10/h2-5,12H,6-9H2,1H3. The molecule has 0 aromatic heterocycles. The van der Waals surface area contributed by atoms with Gasteiger partial charge in [-0.15, -0.1) is 0 Å². The first-order valence-corrected chi connectivity index (χ1v) is 6.68. The molecule has 0 radical (unpaired) electrons. The Labute approximate surface area is 121 Å². The van der Waals surface area contributed by atoms with E-state index < -0.39 is 17.7 Å². The Morgan fingerprint density at radius 3 is 2.52 bits per heavy atom. The van der Waals surface area contributed by atoms with Crippen molar-refractivity contribution in [3.63, 3.8) is 0 Å². The second-order valence-electron chi connectivity index (χ2n) is 4.88. The van der Waals surface area contributed by atoms with Gasteiger partial charge in [0, 0.05) is 25.1 Å². The number of likely N-dealkylation sites (tertiary alicyclic amines) is 1. The van der Waals surface area contributed by atoms with Gasteiger partial charge in [-0.3, -0.25) is 14.4 Å². The highest BCUT2D eigenvalue weighted by atomic mass is 19.1. The van der Waals surface area contributed by atoms with Gasteiger partial charge in [-0.05, 0) is 30.7 Å². The predicted octanol–water partition coefficient (Wildman–Crippen LogP) is 1.42. The number of hydrogen-bond donors (Lipinski definition) is 0. The number of halogens is 1. The lowest BCUT2D eigenvalue weighted by atomic mass is 10.00. The number of methoxy groups -OCH3 is 1. The smallest absolute Gasteiger partial charge is 0.316 e. The van der Waals surface area contributed by atoms with E-state index in [1.807, 2.05) is 0 Å². The van der Waals surface area contributed by atoms with Crippen LogP contribution in [-0.4, -0.2) is 42.8 Å². The molecule has 1 aliphatic rings. The fraction of sp³-hybridized carbons (Fsp3) is 0.400. The average molecular weight is 293 g/mol.